The van der Waals surface area contributed by atoms with Crippen molar-refractivity contribution in [2.75, 3.05) is 32.9 Å². The molecule has 0 aromatic heterocycles. The lowest BCUT2D eigenvalue weighted by Crippen LogP contribution is -2.41. The van der Waals surface area contributed by atoms with Crippen LogP contribution in [0.4, 0.5) is 0 Å². The molecule has 0 aromatic carbocycles. The first-order valence-corrected chi connectivity index (χ1v) is 6.94. The summed E-state index contributed by atoms with van der Waals surface area (Å²) in [4.78, 5) is 0. The molecule has 0 amide bonds. The molecule has 1 heterocycles. The third kappa shape index (κ3) is 7.52. The van der Waals surface area contributed by atoms with Crippen molar-refractivity contribution in [3.8, 4) is 0 Å². The van der Waals surface area contributed by atoms with E-state index in [1.54, 1.807) is 0 Å². The Labute approximate surface area is 109 Å². The molecule has 1 atom stereocenters. The van der Waals surface area contributed by atoms with Gasteiger partial charge < -0.3 is 20.1 Å². The molecule has 0 bridgehead atoms. The van der Waals surface area contributed by atoms with Crippen LogP contribution in [0.15, 0.2) is 0 Å². The van der Waals surface area contributed by atoms with Crippen LogP contribution in [0.3, 0.4) is 0 Å². The Morgan fingerprint density at radius 3 is 3.00 bits per heavy atom. The molecule has 5 heteroatoms. The van der Waals surface area contributed by atoms with E-state index in [-0.39, 0.29) is 0 Å². The second kappa shape index (κ2) is 9.62. The summed E-state index contributed by atoms with van der Waals surface area (Å²) in [5.74, 6) is 0. The highest BCUT2D eigenvalue weighted by Crippen LogP contribution is 2.11. The van der Waals surface area contributed by atoms with Crippen LogP contribution in [0, 0.1) is 0 Å². The van der Waals surface area contributed by atoms with Gasteiger partial charge in [-0.25, -0.2) is 0 Å². The largest absolute Gasteiger partial charge is 0.382 e. The van der Waals surface area contributed by atoms with Crippen molar-refractivity contribution in [2.24, 2.45) is 0 Å². The Morgan fingerprint density at radius 1 is 1.41 bits per heavy atom. The summed E-state index contributed by atoms with van der Waals surface area (Å²) in [6.45, 7) is 6.14. The van der Waals surface area contributed by atoms with Crippen molar-refractivity contribution in [1.29, 1.82) is 0 Å². The van der Waals surface area contributed by atoms with E-state index in [1.165, 1.54) is 12.8 Å². The molecule has 0 radical (unpaired) electrons. The number of ether oxygens (including phenoxy) is 2. The first kappa shape index (κ1) is 14.7. The molecule has 1 fully saturated rings. The van der Waals surface area contributed by atoms with Gasteiger partial charge >= 0.3 is 0 Å². The van der Waals surface area contributed by atoms with Crippen molar-refractivity contribution in [2.45, 2.75) is 38.7 Å². The summed E-state index contributed by atoms with van der Waals surface area (Å²) in [6, 6.07) is 0. The quantitative estimate of drug-likeness (QED) is 0.536. The SMILES string of the molecule is CCOCCCNC(=S)NCC1CCCCO1. The van der Waals surface area contributed by atoms with Gasteiger partial charge in [-0.05, 0) is 44.8 Å². The van der Waals surface area contributed by atoms with Crippen LogP contribution in [0.5, 0.6) is 0 Å². The summed E-state index contributed by atoms with van der Waals surface area (Å²) in [6.07, 6.45) is 4.90. The zero-order chi connectivity index (χ0) is 12.3. The molecule has 4 nitrogen and oxygen atoms in total. The van der Waals surface area contributed by atoms with E-state index in [9.17, 15) is 0 Å². The lowest BCUT2D eigenvalue weighted by molar-refractivity contribution is 0.0195. The molecular weight excluding hydrogens is 236 g/mol. The monoisotopic (exact) mass is 260 g/mol. The highest BCUT2D eigenvalue weighted by molar-refractivity contribution is 7.80. The fraction of sp³-hybridized carbons (Fsp3) is 0.917. The Balaban J connectivity index is 1.93. The van der Waals surface area contributed by atoms with Crippen LogP contribution in [0.1, 0.15) is 32.6 Å². The number of nitrogens with one attached hydrogen (secondary N) is 2. The normalized spacial score (nSPS) is 19.9. The number of hydrogen-bond donors (Lipinski definition) is 2. The summed E-state index contributed by atoms with van der Waals surface area (Å²) >= 11 is 5.18. The van der Waals surface area contributed by atoms with Gasteiger partial charge in [-0.1, -0.05) is 0 Å². The Kier molecular flexibility index (Phi) is 8.30. The van der Waals surface area contributed by atoms with Gasteiger partial charge in [0.1, 0.15) is 0 Å². The minimum atomic E-state index is 0.326. The van der Waals surface area contributed by atoms with Gasteiger partial charge in [0.15, 0.2) is 5.11 Å². The van der Waals surface area contributed by atoms with E-state index in [0.717, 1.165) is 50.9 Å². The molecule has 100 valence electrons. The lowest BCUT2D eigenvalue weighted by Gasteiger charge is -2.23. The minimum Gasteiger partial charge on any atom is -0.382 e. The summed E-state index contributed by atoms with van der Waals surface area (Å²) in [5.41, 5.74) is 0. The van der Waals surface area contributed by atoms with Crippen molar-refractivity contribution in [1.82, 2.24) is 10.6 Å². The zero-order valence-corrected chi connectivity index (χ0v) is 11.5. The molecule has 1 saturated heterocycles. The fourth-order valence-electron chi connectivity index (χ4n) is 1.76. The Bertz CT molecular complexity index is 209. The van der Waals surface area contributed by atoms with Gasteiger partial charge in [0.05, 0.1) is 6.10 Å². The summed E-state index contributed by atoms with van der Waals surface area (Å²) in [5, 5.41) is 7.08. The molecule has 0 aromatic rings. The maximum absolute atomic E-state index is 5.62. The summed E-state index contributed by atoms with van der Waals surface area (Å²) in [7, 11) is 0. The van der Waals surface area contributed by atoms with E-state index in [1.807, 2.05) is 6.92 Å². The maximum atomic E-state index is 5.62. The van der Waals surface area contributed by atoms with Crippen LogP contribution < -0.4 is 10.6 Å². The average molecular weight is 260 g/mol. The van der Waals surface area contributed by atoms with Crippen LogP contribution in [0.25, 0.3) is 0 Å². The lowest BCUT2D eigenvalue weighted by atomic mass is 10.1. The third-order valence-electron chi connectivity index (χ3n) is 2.72. The maximum Gasteiger partial charge on any atom is 0.166 e. The van der Waals surface area contributed by atoms with Crippen LogP contribution >= 0.6 is 12.2 Å². The highest BCUT2D eigenvalue weighted by atomic mass is 32.1. The van der Waals surface area contributed by atoms with Gasteiger partial charge in [0.25, 0.3) is 0 Å². The molecule has 1 unspecified atom stereocenters. The average Bonchev–Trinajstić information content (AvgIpc) is 2.37. The minimum absolute atomic E-state index is 0.326. The first-order valence-electron chi connectivity index (χ1n) is 6.54. The van der Waals surface area contributed by atoms with Gasteiger partial charge in [0.2, 0.25) is 0 Å². The van der Waals surface area contributed by atoms with Gasteiger partial charge in [-0.15, -0.1) is 0 Å². The fourth-order valence-corrected chi connectivity index (χ4v) is 1.94. The standard InChI is InChI=1S/C12H24N2O2S/c1-2-15-8-5-7-13-12(17)14-10-11-6-3-4-9-16-11/h11H,2-10H2,1H3,(H2,13,14,17). The van der Waals surface area contributed by atoms with Crippen LogP contribution in [-0.4, -0.2) is 44.1 Å². The number of hydrogen-bond acceptors (Lipinski definition) is 3. The van der Waals surface area contributed by atoms with E-state index >= 15 is 0 Å². The van der Waals surface area contributed by atoms with Gasteiger partial charge in [0, 0.05) is 32.9 Å². The topological polar surface area (TPSA) is 42.5 Å². The van der Waals surface area contributed by atoms with Crippen LogP contribution in [-0.2, 0) is 9.47 Å². The van der Waals surface area contributed by atoms with Crippen molar-refractivity contribution in [3.05, 3.63) is 0 Å². The molecule has 0 spiro atoms. The van der Waals surface area contributed by atoms with Crippen molar-refractivity contribution >= 4 is 17.3 Å². The van der Waals surface area contributed by atoms with E-state index in [2.05, 4.69) is 10.6 Å². The van der Waals surface area contributed by atoms with E-state index < -0.39 is 0 Å². The Hall–Kier alpha value is -0.390. The second-order valence-corrected chi connectivity index (χ2v) is 4.58. The van der Waals surface area contributed by atoms with Crippen molar-refractivity contribution in [3.63, 3.8) is 0 Å². The highest BCUT2D eigenvalue weighted by Gasteiger charge is 2.13. The molecule has 1 aliphatic heterocycles. The zero-order valence-electron chi connectivity index (χ0n) is 10.7. The molecule has 1 rings (SSSR count). The van der Waals surface area contributed by atoms with Gasteiger partial charge in [-0.3, -0.25) is 0 Å². The number of rotatable bonds is 7. The second-order valence-electron chi connectivity index (χ2n) is 4.18. The molecular formula is C12H24N2O2S. The van der Waals surface area contributed by atoms with E-state index in [4.69, 9.17) is 21.7 Å². The predicted molar refractivity (Wildman–Crippen MR) is 73.3 cm³/mol. The van der Waals surface area contributed by atoms with E-state index in [0.29, 0.717) is 6.10 Å². The smallest absolute Gasteiger partial charge is 0.166 e. The predicted octanol–water partition coefficient (Wildman–Crippen LogP) is 1.45. The number of thiocarbonyl (C=S) groups is 1. The third-order valence-corrected chi connectivity index (χ3v) is 3.01. The summed E-state index contributed by atoms with van der Waals surface area (Å²) < 4.78 is 10.9. The van der Waals surface area contributed by atoms with Crippen molar-refractivity contribution < 1.29 is 9.47 Å². The molecule has 0 saturated carbocycles. The Morgan fingerprint density at radius 2 is 2.29 bits per heavy atom. The van der Waals surface area contributed by atoms with Crippen LogP contribution in [0.2, 0.25) is 0 Å². The first-order chi connectivity index (χ1) is 8.33. The molecule has 2 N–H and O–H groups in total. The van der Waals surface area contributed by atoms with Gasteiger partial charge in [-0.2, -0.15) is 0 Å². The molecule has 17 heavy (non-hydrogen) atoms. The molecule has 1 aliphatic rings. The molecule has 0 aliphatic carbocycles.